The van der Waals surface area contributed by atoms with E-state index in [4.69, 9.17) is 0 Å². The van der Waals surface area contributed by atoms with Crippen molar-refractivity contribution in [3.8, 4) is 5.69 Å². The van der Waals surface area contributed by atoms with Gasteiger partial charge < -0.3 is 5.32 Å². The van der Waals surface area contributed by atoms with E-state index >= 15 is 0 Å². The van der Waals surface area contributed by atoms with E-state index in [1.165, 1.54) is 12.1 Å². The van der Waals surface area contributed by atoms with Crippen molar-refractivity contribution >= 4 is 17.7 Å². The number of aromatic nitrogens is 2. The van der Waals surface area contributed by atoms with E-state index in [2.05, 4.69) is 10.4 Å². The lowest BCUT2D eigenvalue weighted by molar-refractivity contribution is -0.120. The molecule has 0 aliphatic carbocycles. The molecule has 2 heterocycles. The van der Waals surface area contributed by atoms with Crippen molar-refractivity contribution in [3.05, 3.63) is 48.0 Å². The number of rotatable bonds is 5. The molecule has 1 saturated heterocycles. The van der Waals surface area contributed by atoms with Crippen LogP contribution in [0.2, 0.25) is 0 Å². The van der Waals surface area contributed by atoms with Crippen LogP contribution in [-0.2, 0) is 11.2 Å². The summed E-state index contributed by atoms with van der Waals surface area (Å²) in [6, 6.07) is 8.20. The van der Waals surface area contributed by atoms with Gasteiger partial charge in [-0.15, -0.1) is 11.8 Å². The highest BCUT2D eigenvalue weighted by atomic mass is 32.2. The second-order valence-corrected chi connectivity index (χ2v) is 6.58. The molecule has 4 nitrogen and oxygen atoms in total. The zero-order valence-corrected chi connectivity index (χ0v) is 13.0. The van der Waals surface area contributed by atoms with Crippen molar-refractivity contribution in [1.82, 2.24) is 15.1 Å². The summed E-state index contributed by atoms with van der Waals surface area (Å²) >= 11 is 1.73. The number of amides is 1. The lowest BCUT2D eigenvalue weighted by Gasteiger charge is -2.08. The van der Waals surface area contributed by atoms with Crippen LogP contribution in [0.1, 0.15) is 18.5 Å². The summed E-state index contributed by atoms with van der Waals surface area (Å²) in [5.74, 6) is 0.929. The van der Waals surface area contributed by atoms with Gasteiger partial charge in [0.05, 0.1) is 16.6 Å². The fraction of sp³-hybridized carbons (Fsp3) is 0.375. The van der Waals surface area contributed by atoms with E-state index in [1.807, 2.05) is 6.07 Å². The largest absolute Gasteiger partial charge is 0.355 e. The standard InChI is InChI=1S/C16H18FN3OS/c17-12-3-1-4-14(11-12)20-9-7-13(19-20)6-8-18-16(21)15-5-2-10-22-15/h1,3-4,7,9,11,15H,2,5-6,8,10H2,(H,18,21)/t15-/m0/s1. The molecule has 0 saturated carbocycles. The Morgan fingerprint density at radius 3 is 3.14 bits per heavy atom. The van der Waals surface area contributed by atoms with Crippen molar-refractivity contribution in [2.45, 2.75) is 24.5 Å². The molecule has 1 atom stereocenters. The van der Waals surface area contributed by atoms with Crippen molar-refractivity contribution in [2.24, 2.45) is 0 Å². The summed E-state index contributed by atoms with van der Waals surface area (Å²) in [5.41, 5.74) is 1.57. The van der Waals surface area contributed by atoms with Gasteiger partial charge in [-0.05, 0) is 42.9 Å². The van der Waals surface area contributed by atoms with E-state index in [1.54, 1.807) is 34.8 Å². The van der Waals surface area contributed by atoms with Gasteiger partial charge >= 0.3 is 0 Å². The van der Waals surface area contributed by atoms with Crippen LogP contribution in [0.15, 0.2) is 36.5 Å². The average molecular weight is 319 g/mol. The van der Waals surface area contributed by atoms with Crippen LogP contribution in [0.4, 0.5) is 4.39 Å². The van der Waals surface area contributed by atoms with Crippen LogP contribution in [0.5, 0.6) is 0 Å². The Kier molecular flexibility index (Phi) is 4.77. The summed E-state index contributed by atoms with van der Waals surface area (Å²) < 4.78 is 14.9. The maximum atomic E-state index is 13.2. The van der Waals surface area contributed by atoms with Crippen LogP contribution in [0.3, 0.4) is 0 Å². The predicted molar refractivity (Wildman–Crippen MR) is 85.7 cm³/mol. The first kappa shape index (κ1) is 15.1. The van der Waals surface area contributed by atoms with Gasteiger partial charge in [0.2, 0.25) is 5.91 Å². The van der Waals surface area contributed by atoms with Crippen molar-refractivity contribution in [3.63, 3.8) is 0 Å². The number of carbonyl (C=O) groups is 1. The molecular formula is C16H18FN3OS. The highest BCUT2D eigenvalue weighted by molar-refractivity contribution is 8.00. The Morgan fingerprint density at radius 1 is 1.45 bits per heavy atom. The fourth-order valence-electron chi connectivity index (χ4n) is 2.47. The molecule has 1 aromatic heterocycles. The number of thioether (sulfide) groups is 1. The second kappa shape index (κ2) is 6.96. The Bertz CT molecular complexity index is 652. The SMILES string of the molecule is O=C(NCCc1ccn(-c2cccc(F)c2)n1)[C@@H]1CCCS1. The van der Waals surface area contributed by atoms with Gasteiger partial charge in [0, 0.05) is 19.2 Å². The topological polar surface area (TPSA) is 46.9 Å². The molecular weight excluding hydrogens is 301 g/mol. The summed E-state index contributed by atoms with van der Waals surface area (Å²) in [4.78, 5) is 11.9. The third-order valence-corrected chi connectivity index (χ3v) is 5.00. The van der Waals surface area contributed by atoms with Gasteiger partial charge in [-0.25, -0.2) is 9.07 Å². The first-order chi connectivity index (χ1) is 10.7. The number of benzene rings is 1. The Morgan fingerprint density at radius 2 is 2.36 bits per heavy atom. The molecule has 0 bridgehead atoms. The monoisotopic (exact) mass is 319 g/mol. The fourth-order valence-corrected chi connectivity index (χ4v) is 3.66. The number of hydrogen-bond acceptors (Lipinski definition) is 3. The molecule has 116 valence electrons. The molecule has 0 unspecified atom stereocenters. The minimum absolute atomic E-state index is 0.116. The maximum absolute atomic E-state index is 13.2. The molecule has 1 aromatic carbocycles. The zero-order valence-electron chi connectivity index (χ0n) is 12.2. The Hall–Kier alpha value is -1.82. The van der Waals surface area contributed by atoms with E-state index in [-0.39, 0.29) is 17.0 Å². The van der Waals surface area contributed by atoms with Crippen LogP contribution in [0, 0.1) is 5.82 Å². The summed E-state index contributed by atoms with van der Waals surface area (Å²) in [6.45, 7) is 0.579. The number of carbonyl (C=O) groups excluding carboxylic acids is 1. The summed E-state index contributed by atoms with van der Waals surface area (Å²) in [6.07, 6.45) is 4.58. The quantitative estimate of drug-likeness (QED) is 0.921. The van der Waals surface area contributed by atoms with E-state index in [0.717, 1.165) is 24.3 Å². The number of hydrogen-bond donors (Lipinski definition) is 1. The molecule has 22 heavy (non-hydrogen) atoms. The molecule has 1 amide bonds. The first-order valence-corrected chi connectivity index (χ1v) is 8.47. The van der Waals surface area contributed by atoms with Crippen LogP contribution >= 0.6 is 11.8 Å². The van der Waals surface area contributed by atoms with Crippen LogP contribution < -0.4 is 5.32 Å². The van der Waals surface area contributed by atoms with Gasteiger partial charge in [0.25, 0.3) is 0 Å². The van der Waals surface area contributed by atoms with Crippen molar-refractivity contribution < 1.29 is 9.18 Å². The van der Waals surface area contributed by atoms with Gasteiger partial charge in [0.15, 0.2) is 0 Å². The molecule has 1 fully saturated rings. The molecule has 1 aliphatic rings. The maximum Gasteiger partial charge on any atom is 0.233 e. The smallest absolute Gasteiger partial charge is 0.233 e. The van der Waals surface area contributed by atoms with Gasteiger partial charge in [-0.1, -0.05) is 6.07 Å². The minimum atomic E-state index is -0.282. The average Bonchev–Trinajstić information content (AvgIpc) is 3.19. The Balaban J connectivity index is 1.52. The zero-order chi connectivity index (χ0) is 15.4. The van der Waals surface area contributed by atoms with Gasteiger partial charge in [0.1, 0.15) is 5.82 Å². The van der Waals surface area contributed by atoms with Gasteiger partial charge in [-0.3, -0.25) is 4.79 Å². The summed E-state index contributed by atoms with van der Waals surface area (Å²) in [5, 5.41) is 7.49. The highest BCUT2D eigenvalue weighted by Gasteiger charge is 2.22. The lowest BCUT2D eigenvalue weighted by Crippen LogP contribution is -2.32. The molecule has 6 heteroatoms. The molecule has 1 N–H and O–H groups in total. The molecule has 3 rings (SSSR count). The second-order valence-electron chi connectivity index (χ2n) is 5.27. The highest BCUT2D eigenvalue weighted by Crippen LogP contribution is 2.25. The minimum Gasteiger partial charge on any atom is -0.355 e. The number of halogens is 1. The number of nitrogens with zero attached hydrogens (tertiary/aromatic N) is 2. The van der Waals surface area contributed by atoms with E-state index in [9.17, 15) is 9.18 Å². The van der Waals surface area contributed by atoms with E-state index < -0.39 is 0 Å². The third kappa shape index (κ3) is 3.68. The van der Waals surface area contributed by atoms with Crippen LogP contribution in [-0.4, -0.2) is 33.2 Å². The normalized spacial score (nSPS) is 17.6. The molecule has 0 spiro atoms. The summed E-state index contributed by atoms with van der Waals surface area (Å²) in [7, 11) is 0. The third-order valence-electron chi connectivity index (χ3n) is 3.62. The number of nitrogens with one attached hydrogen (secondary N) is 1. The molecule has 2 aromatic rings. The molecule has 0 radical (unpaired) electrons. The van der Waals surface area contributed by atoms with Gasteiger partial charge in [-0.2, -0.15) is 5.10 Å². The van der Waals surface area contributed by atoms with Crippen molar-refractivity contribution in [2.75, 3.05) is 12.3 Å². The van der Waals surface area contributed by atoms with E-state index in [0.29, 0.717) is 18.7 Å². The lowest BCUT2D eigenvalue weighted by atomic mass is 10.2. The van der Waals surface area contributed by atoms with Crippen molar-refractivity contribution in [1.29, 1.82) is 0 Å². The predicted octanol–water partition coefficient (Wildman–Crippen LogP) is 2.57. The van der Waals surface area contributed by atoms with Crippen LogP contribution in [0.25, 0.3) is 5.69 Å². The molecule has 1 aliphatic heterocycles. The Labute approximate surface area is 133 Å². The first-order valence-electron chi connectivity index (χ1n) is 7.42.